The fraction of sp³-hybridized carbons (Fsp3) is 0.800. The monoisotopic (exact) mass is 220 g/mol. The van der Waals surface area contributed by atoms with E-state index in [1.807, 2.05) is 6.92 Å². The molecule has 0 aromatic rings. The molecule has 0 amide bonds. The highest BCUT2D eigenvalue weighted by atomic mass is 31.2. The van der Waals surface area contributed by atoms with Gasteiger partial charge in [0.1, 0.15) is 0 Å². The van der Waals surface area contributed by atoms with Gasteiger partial charge in [-0.3, -0.25) is 4.57 Å². The summed E-state index contributed by atoms with van der Waals surface area (Å²) < 4.78 is 11.0. The van der Waals surface area contributed by atoms with E-state index in [0.717, 1.165) is 19.3 Å². The summed E-state index contributed by atoms with van der Waals surface area (Å²) in [7, 11) is -3.86. The Morgan fingerprint density at radius 2 is 1.93 bits per heavy atom. The topological polar surface area (TPSA) is 57.5 Å². The van der Waals surface area contributed by atoms with Gasteiger partial charge < -0.3 is 9.79 Å². The van der Waals surface area contributed by atoms with Crippen LogP contribution in [0, 0.1) is 0 Å². The molecule has 0 saturated carbocycles. The maximum Gasteiger partial charge on any atom is 0.328 e. The standard InChI is InChI=1S/C10H21O3P/c1-3-5-6-7-8-9-10(4-2)14(11,12)13/h5-6,10H,3-4,7-9H2,1-2H3,(H2,11,12,13). The second-order valence-electron chi connectivity index (χ2n) is 3.46. The first-order valence-corrected chi connectivity index (χ1v) is 6.90. The summed E-state index contributed by atoms with van der Waals surface area (Å²) in [6.45, 7) is 3.90. The molecule has 0 rings (SSSR count). The molecule has 0 saturated heterocycles. The van der Waals surface area contributed by atoms with Gasteiger partial charge in [0.25, 0.3) is 0 Å². The van der Waals surface area contributed by atoms with Crippen LogP contribution in [0.5, 0.6) is 0 Å². The van der Waals surface area contributed by atoms with Crippen molar-refractivity contribution in [1.82, 2.24) is 0 Å². The third-order valence-corrected chi connectivity index (χ3v) is 3.83. The third-order valence-electron chi connectivity index (χ3n) is 2.26. The van der Waals surface area contributed by atoms with E-state index < -0.39 is 13.3 Å². The van der Waals surface area contributed by atoms with E-state index in [2.05, 4.69) is 19.1 Å². The van der Waals surface area contributed by atoms with Crippen molar-refractivity contribution in [1.29, 1.82) is 0 Å². The lowest BCUT2D eigenvalue weighted by Gasteiger charge is -2.15. The Bertz CT molecular complexity index is 207. The molecular weight excluding hydrogens is 199 g/mol. The minimum Gasteiger partial charge on any atom is -0.324 e. The lowest BCUT2D eigenvalue weighted by Crippen LogP contribution is -2.06. The Kier molecular flexibility index (Phi) is 7.16. The van der Waals surface area contributed by atoms with Crippen LogP contribution in [0.1, 0.15) is 46.0 Å². The van der Waals surface area contributed by atoms with Crippen LogP contribution < -0.4 is 0 Å². The second kappa shape index (κ2) is 7.22. The summed E-state index contributed by atoms with van der Waals surface area (Å²) in [5.41, 5.74) is -0.447. The summed E-state index contributed by atoms with van der Waals surface area (Å²) in [6, 6.07) is 0. The van der Waals surface area contributed by atoms with Crippen molar-refractivity contribution >= 4 is 7.60 Å². The fourth-order valence-corrected chi connectivity index (χ4v) is 2.36. The molecule has 0 aromatic carbocycles. The zero-order valence-corrected chi connectivity index (χ0v) is 9.91. The van der Waals surface area contributed by atoms with Crippen molar-refractivity contribution in [2.45, 2.75) is 51.6 Å². The Morgan fingerprint density at radius 1 is 1.29 bits per heavy atom. The lowest BCUT2D eigenvalue weighted by atomic mass is 10.1. The van der Waals surface area contributed by atoms with Crippen molar-refractivity contribution in [3.63, 3.8) is 0 Å². The van der Waals surface area contributed by atoms with E-state index in [9.17, 15) is 4.57 Å². The lowest BCUT2D eigenvalue weighted by molar-refractivity contribution is 0.351. The summed E-state index contributed by atoms with van der Waals surface area (Å²) >= 11 is 0. The van der Waals surface area contributed by atoms with Crippen LogP contribution in [0.4, 0.5) is 0 Å². The van der Waals surface area contributed by atoms with Gasteiger partial charge in [0, 0.05) is 0 Å². The average molecular weight is 220 g/mol. The minimum absolute atomic E-state index is 0.447. The van der Waals surface area contributed by atoms with Crippen LogP contribution in [0.3, 0.4) is 0 Å². The molecule has 0 bridgehead atoms. The van der Waals surface area contributed by atoms with E-state index >= 15 is 0 Å². The summed E-state index contributed by atoms with van der Waals surface area (Å²) in [4.78, 5) is 17.9. The number of allylic oxidation sites excluding steroid dienone is 2. The van der Waals surface area contributed by atoms with Crippen LogP contribution in [0.15, 0.2) is 12.2 Å². The molecule has 0 fully saturated rings. The van der Waals surface area contributed by atoms with E-state index in [1.54, 1.807) is 0 Å². The molecule has 3 nitrogen and oxygen atoms in total. The van der Waals surface area contributed by atoms with Crippen LogP contribution in [0.2, 0.25) is 0 Å². The maximum absolute atomic E-state index is 11.0. The largest absolute Gasteiger partial charge is 0.328 e. The normalized spacial score (nSPS) is 14.9. The molecule has 14 heavy (non-hydrogen) atoms. The first-order chi connectivity index (χ1) is 6.52. The highest BCUT2D eigenvalue weighted by Crippen LogP contribution is 2.45. The smallest absolute Gasteiger partial charge is 0.324 e. The van der Waals surface area contributed by atoms with Gasteiger partial charge in [-0.15, -0.1) is 0 Å². The summed E-state index contributed by atoms with van der Waals surface area (Å²) in [5, 5.41) is 0. The summed E-state index contributed by atoms with van der Waals surface area (Å²) in [6.07, 6.45) is 8.14. The number of hydrogen-bond acceptors (Lipinski definition) is 1. The van der Waals surface area contributed by atoms with E-state index in [0.29, 0.717) is 12.8 Å². The first-order valence-electron chi connectivity index (χ1n) is 5.22. The predicted molar refractivity (Wildman–Crippen MR) is 59.4 cm³/mol. The van der Waals surface area contributed by atoms with Gasteiger partial charge in [-0.05, 0) is 32.1 Å². The van der Waals surface area contributed by atoms with Crippen LogP contribution in [0.25, 0.3) is 0 Å². The molecule has 0 aliphatic rings. The van der Waals surface area contributed by atoms with Gasteiger partial charge in [0.15, 0.2) is 0 Å². The van der Waals surface area contributed by atoms with Crippen LogP contribution >= 0.6 is 7.60 Å². The highest BCUT2D eigenvalue weighted by molar-refractivity contribution is 7.52. The molecular formula is C10H21O3P. The number of rotatable bonds is 7. The van der Waals surface area contributed by atoms with Crippen molar-refractivity contribution in [2.24, 2.45) is 0 Å². The van der Waals surface area contributed by atoms with E-state index in [-0.39, 0.29) is 0 Å². The van der Waals surface area contributed by atoms with Crippen molar-refractivity contribution in [3.05, 3.63) is 12.2 Å². The SMILES string of the molecule is CCC=CCCCC(CC)P(=O)(O)O. The van der Waals surface area contributed by atoms with Crippen LogP contribution in [-0.2, 0) is 4.57 Å². The molecule has 0 heterocycles. The Balaban J connectivity index is 3.75. The zero-order valence-electron chi connectivity index (χ0n) is 9.02. The molecule has 0 spiro atoms. The molecule has 0 radical (unpaired) electrons. The van der Waals surface area contributed by atoms with Gasteiger partial charge in [0.2, 0.25) is 0 Å². The number of unbranched alkanes of at least 4 members (excludes halogenated alkanes) is 1. The molecule has 84 valence electrons. The van der Waals surface area contributed by atoms with E-state index in [1.165, 1.54) is 0 Å². The molecule has 0 aromatic heterocycles. The van der Waals surface area contributed by atoms with Gasteiger partial charge in [-0.1, -0.05) is 26.0 Å². The summed E-state index contributed by atoms with van der Waals surface area (Å²) in [5.74, 6) is 0. The van der Waals surface area contributed by atoms with Crippen molar-refractivity contribution < 1.29 is 14.4 Å². The average Bonchev–Trinajstić information content (AvgIpc) is 2.09. The molecule has 0 aliphatic heterocycles. The molecule has 0 aliphatic carbocycles. The zero-order chi connectivity index (χ0) is 11.0. The Hall–Kier alpha value is -0.110. The minimum atomic E-state index is -3.86. The quantitative estimate of drug-likeness (QED) is 0.394. The second-order valence-corrected chi connectivity index (χ2v) is 5.37. The van der Waals surface area contributed by atoms with Gasteiger partial charge >= 0.3 is 7.60 Å². The Labute approximate surface area is 86.4 Å². The van der Waals surface area contributed by atoms with Gasteiger partial charge in [-0.25, -0.2) is 0 Å². The molecule has 1 unspecified atom stereocenters. The first kappa shape index (κ1) is 13.9. The van der Waals surface area contributed by atoms with Gasteiger partial charge in [-0.2, -0.15) is 0 Å². The van der Waals surface area contributed by atoms with Crippen LogP contribution in [-0.4, -0.2) is 15.4 Å². The molecule has 4 heteroatoms. The van der Waals surface area contributed by atoms with Gasteiger partial charge in [0.05, 0.1) is 5.66 Å². The molecule has 2 N–H and O–H groups in total. The fourth-order valence-electron chi connectivity index (χ4n) is 1.37. The number of hydrogen-bond donors (Lipinski definition) is 2. The highest BCUT2D eigenvalue weighted by Gasteiger charge is 2.25. The van der Waals surface area contributed by atoms with Crippen molar-refractivity contribution in [3.8, 4) is 0 Å². The van der Waals surface area contributed by atoms with E-state index in [4.69, 9.17) is 9.79 Å². The third kappa shape index (κ3) is 6.36. The Morgan fingerprint density at radius 3 is 2.36 bits per heavy atom. The maximum atomic E-state index is 11.0. The van der Waals surface area contributed by atoms with Crippen molar-refractivity contribution in [2.75, 3.05) is 0 Å². The predicted octanol–water partition coefficient (Wildman–Crippen LogP) is 3.08. The molecule has 1 atom stereocenters.